The number of hydrogen-bond donors (Lipinski definition) is 4. The van der Waals surface area contributed by atoms with Gasteiger partial charge in [0.25, 0.3) is 10.1 Å². The second-order valence-corrected chi connectivity index (χ2v) is 5.97. The van der Waals surface area contributed by atoms with Crippen LogP contribution in [0.2, 0.25) is 0 Å². The van der Waals surface area contributed by atoms with Crippen molar-refractivity contribution in [3.05, 3.63) is 0 Å². The molecule has 0 aromatic carbocycles. The van der Waals surface area contributed by atoms with Gasteiger partial charge < -0.3 is 25.0 Å². The number of ketones is 1. The summed E-state index contributed by atoms with van der Waals surface area (Å²) in [5, 5.41) is 20.7. The minimum Gasteiger partial charge on any atom is -0.449 e. The number of ether oxygens (including phenoxy) is 2. The number of nitrogens with one attached hydrogen (secondary N) is 1. The zero-order valence-electron chi connectivity index (χ0n) is 11.2. The highest BCUT2D eigenvalue weighted by atomic mass is 32.2. The van der Waals surface area contributed by atoms with E-state index in [9.17, 15) is 27.9 Å². The van der Waals surface area contributed by atoms with Gasteiger partial charge in [0.15, 0.2) is 6.10 Å². The van der Waals surface area contributed by atoms with Crippen LogP contribution in [0.5, 0.6) is 0 Å². The van der Waals surface area contributed by atoms with Gasteiger partial charge in [0, 0.05) is 6.54 Å². The molecule has 0 aromatic rings. The zero-order chi connectivity index (χ0) is 16.9. The largest absolute Gasteiger partial charge is 0.449 e. The molecule has 126 valence electrons. The van der Waals surface area contributed by atoms with Crippen LogP contribution in [0, 0.1) is 0 Å². The number of carbonyl (C=O) groups is 3. The molecule has 1 fully saturated rings. The fourth-order valence-electron chi connectivity index (χ4n) is 1.53. The van der Waals surface area contributed by atoms with E-state index in [1.807, 2.05) is 0 Å². The summed E-state index contributed by atoms with van der Waals surface area (Å²) < 4.78 is 38.2. The number of alkyl carbamates (subject to hydrolysis) is 1. The van der Waals surface area contributed by atoms with Crippen molar-refractivity contribution in [3.63, 3.8) is 0 Å². The lowest BCUT2D eigenvalue weighted by Crippen LogP contribution is -2.39. The van der Waals surface area contributed by atoms with Gasteiger partial charge in [-0.1, -0.05) is 0 Å². The van der Waals surface area contributed by atoms with Crippen molar-refractivity contribution in [3.8, 4) is 0 Å². The van der Waals surface area contributed by atoms with E-state index in [2.05, 4.69) is 14.8 Å². The maximum absolute atomic E-state index is 11.3. The number of cyclic esters (lactones) is 1. The van der Waals surface area contributed by atoms with Gasteiger partial charge in [0.2, 0.25) is 11.9 Å². The van der Waals surface area contributed by atoms with Crippen LogP contribution in [-0.4, -0.2) is 78.2 Å². The number of carbonyl (C=O) groups excluding carboxylic acids is 3. The number of amides is 1. The van der Waals surface area contributed by atoms with Gasteiger partial charge in [0.05, 0.1) is 5.75 Å². The summed E-state index contributed by atoms with van der Waals surface area (Å²) in [6.07, 6.45) is -6.28. The molecule has 1 aliphatic heterocycles. The first-order valence-electron chi connectivity index (χ1n) is 6.08. The molecule has 12 heteroatoms. The second kappa shape index (κ2) is 7.49. The zero-order valence-corrected chi connectivity index (χ0v) is 12.0. The highest BCUT2D eigenvalue weighted by molar-refractivity contribution is 7.85. The lowest BCUT2D eigenvalue weighted by atomic mass is 10.1. The van der Waals surface area contributed by atoms with E-state index in [4.69, 9.17) is 9.66 Å². The maximum Gasteiger partial charge on any atom is 0.407 e. The van der Waals surface area contributed by atoms with Crippen molar-refractivity contribution in [1.82, 2.24) is 5.32 Å². The molecule has 4 N–H and O–H groups in total. The molecule has 0 bridgehead atoms. The Kier molecular flexibility index (Phi) is 6.22. The molecule has 3 atom stereocenters. The summed E-state index contributed by atoms with van der Waals surface area (Å²) in [7, 11) is -4.12. The predicted octanol–water partition coefficient (Wildman–Crippen LogP) is -2.79. The summed E-state index contributed by atoms with van der Waals surface area (Å²) in [5.41, 5.74) is 0. The molecular formula is C10H15NO10S. The van der Waals surface area contributed by atoms with Crippen molar-refractivity contribution in [2.45, 2.75) is 24.7 Å². The van der Waals surface area contributed by atoms with E-state index in [1.54, 1.807) is 0 Å². The quantitative estimate of drug-likeness (QED) is 0.164. The molecule has 0 radical (unpaired) electrons. The van der Waals surface area contributed by atoms with Crippen molar-refractivity contribution in [1.29, 1.82) is 0 Å². The molecule has 1 saturated heterocycles. The van der Waals surface area contributed by atoms with Crippen LogP contribution in [0.15, 0.2) is 0 Å². The number of aliphatic hydroxyl groups is 2. The summed E-state index contributed by atoms with van der Waals surface area (Å²) in [4.78, 5) is 33.4. The Morgan fingerprint density at radius 1 is 1.41 bits per heavy atom. The molecule has 11 nitrogen and oxygen atoms in total. The van der Waals surface area contributed by atoms with Crippen LogP contribution >= 0.6 is 0 Å². The van der Waals surface area contributed by atoms with Crippen molar-refractivity contribution < 1.29 is 47.0 Å². The Bertz CT molecular complexity index is 544. The first-order chi connectivity index (χ1) is 10.1. The number of esters is 1. The topological polar surface area (TPSA) is 177 Å². The number of hydrogen-bond acceptors (Lipinski definition) is 9. The van der Waals surface area contributed by atoms with Crippen LogP contribution < -0.4 is 5.32 Å². The summed E-state index contributed by atoms with van der Waals surface area (Å²) in [6, 6.07) is 0. The SMILES string of the molecule is O=C(NCCCS(=O)(=O)O)OCC(O)C1OC(=O)C(O)C1=O. The van der Waals surface area contributed by atoms with Gasteiger partial charge in [-0.05, 0) is 6.42 Å². The molecule has 0 aliphatic carbocycles. The predicted molar refractivity (Wildman–Crippen MR) is 67.3 cm³/mol. The minimum absolute atomic E-state index is 0.0542. The van der Waals surface area contributed by atoms with Gasteiger partial charge in [-0.15, -0.1) is 0 Å². The molecule has 1 rings (SSSR count). The summed E-state index contributed by atoms with van der Waals surface area (Å²) in [6.45, 7) is -0.786. The van der Waals surface area contributed by atoms with E-state index in [0.717, 1.165) is 0 Å². The Hall–Kier alpha value is -1.76. The minimum atomic E-state index is -4.12. The van der Waals surface area contributed by atoms with Crippen LogP contribution in [0.3, 0.4) is 0 Å². The van der Waals surface area contributed by atoms with Crippen molar-refractivity contribution in [2.24, 2.45) is 0 Å². The molecule has 0 spiro atoms. The first kappa shape index (κ1) is 18.3. The highest BCUT2D eigenvalue weighted by Crippen LogP contribution is 2.14. The molecule has 3 unspecified atom stereocenters. The van der Waals surface area contributed by atoms with Gasteiger partial charge in [-0.3, -0.25) is 9.35 Å². The van der Waals surface area contributed by atoms with E-state index >= 15 is 0 Å². The molecular weight excluding hydrogens is 326 g/mol. The summed E-state index contributed by atoms with van der Waals surface area (Å²) in [5.74, 6) is -2.77. The van der Waals surface area contributed by atoms with Crippen LogP contribution in [0.25, 0.3) is 0 Å². The molecule has 1 aliphatic rings. The standard InChI is InChI=1S/C10H15NO10S/c12-5(8-6(13)7(14)9(15)21-8)4-20-10(16)11-2-1-3-22(17,18)19/h5,7-8,12,14H,1-4H2,(H,11,16)(H,17,18,19). The Balaban J connectivity index is 2.26. The lowest BCUT2D eigenvalue weighted by Gasteiger charge is -2.15. The molecule has 0 saturated carbocycles. The first-order valence-corrected chi connectivity index (χ1v) is 7.69. The van der Waals surface area contributed by atoms with E-state index in [1.165, 1.54) is 0 Å². The molecule has 0 aromatic heterocycles. The monoisotopic (exact) mass is 341 g/mol. The van der Waals surface area contributed by atoms with Gasteiger partial charge >= 0.3 is 12.1 Å². The van der Waals surface area contributed by atoms with Crippen molar-refractivity contribution in [2.75, 3.05) is 18.9 Å². The van der Waals surface area contributed by atoms with E-state index in [0.29, 0.717) is 0 Å². The third-order valence-corrected chi connectivity index (χ3v) is 3.40. The number of Topliss-reactive ketones (excluding diaryl/α,β-unsaturated/α-hetero) is 1. The molecule has 22 heavy (non-hydrogen) atoms. The average molecular weight is 341 g/mol. The average Bonchev–Trinajstić information content (AvgIpc) is 2.67. The van der Waals surface area contributed by atoms with Crippen LogP contribution in [0.4, 0.5) is 4.79 Å². The van der Waals surface area contributed by atoms with Crippen LogP contribution in [-0.2, 0) is 29.2 Å². The van der Waals surface area contributed by atoms with Gasteiger partial charge in [-0.25, -0.2) is 9.59 Å². The Morgan fingerprint density at radius 3 is 2.55 bits per heavy atom. The fraction of sp³-hybridized carbons (Fsp3) is 0.700. The Labute approximate surface area is 124 Å². The molecule has 1 amide bonds. The second-order valence-electron chi connectivity index (χ2n) is 4.39. The number of aliphatic hydroxyl groups excluding tert-OH is 2. The third-order valence-electron chi connectivity index (χ3n) is 2.60. The van der Waals surface area contributed by atoms with E-state index in [-0.39, 0.29) is 13.0 Å². The van der Waals surface area contributed by atoms with E-state index < -0.39 is 58.6 Å². The smallest absolute Gasteiger partial charge is 0.407 e. The van der Waals surface area contributed by atoms with Gasteiger partial charge in [-0.2, -0.15) is 8.42 Å². The number of rotatable bonds is 7. The maximum atomic E-state index is 11.3. The van der Waals surface area contributed by atoms with Crippen LogP contribution in [0.1, 0.15) is 6.42 Å². The van der Waals surface area contributed by atoms with Crippen molar-refractivity contribution >= 4 is 28.0 Å². The lowest BCUT2D eigenvalue weighted by molar-refractivity contribution is -0.151. The normalized spacial score (nSPS) is 23.0. The highest BCUT2D eigenvalue weighted by Gasteiger charge is 2.46. The summed E-state index contributed by atoms with van der Waals surface area (Å²) >= 11 is 0. The fourth-order valence-corrected chi connectivity index (χ4v) is 2.04. The third kappa shape index (κ3) is 5.55. The van der Waals surface area contributed by atoms with Gasteiger partial charge in [0.1, 0.15) is 12.7 Å². The molecule has 1 heterocycles. The Morgan fingerprint density at radius 2 is 2.05 bits per heavy atom.